The van der Waals surface area contributed by atoms with E-state index in [1.165, 1.54) is 40.0 Å². The van der Waals surface area contributed by atoms with E-state index in [2.05, 4.69) is 40.6 Å². The van der Waals surface area contributed by atoms with Crippen LogP contribution in [0.1, 0.15) is 51.9 Å². The van der Waals surface area contributed by atoms with Crippen molar-refractivity contribution in [1.29, 1.82) is 0 Å². The van der Waals surface area contributed by atoms with Gasteiger partial charge in [-0.3, -0.25) is 9.36 Å². The van der Waals surface area contributed by atoms with Crippen molar-refractivity contribution in [2.45, 2.75) is 38.1 Å². The second-order valence-corrected chi connectivity index (χ2v) is 10.1. The first-order valence-electron chi connectivity index (χ1n) is 12.0. The average Bonchev–Trinajstić information content (AvgIpc) is 3.51. The number of rotatable bonds is 4. The molecule has 0 aliphatic heterocycles. The number of amides is 1. The van der Waals surface area contributed by atoms with Gasteiger partial charge in [-0.2, -0.15) is 0 Å². The number of fused-ring (bicyclic) bond motifs is 2. The molecule has 7 heteroatoms. The van der Waals surface area contributed by atoms with Crippen LogP contribution < -0.4 is 5.32 Å². The quantitative estimate of drug-likeness (QED) is 0.365. The topological polar surface area (TPSA) is 59.8 Å². The zero-order valence-electron chi connectivity index (χ0n) is 19.8. The minimum absolute atomic E-state index is 0.286. The molecule has 0 radical (unpaired) electrons. The van der Waals surface area contributed by atoms with Crippen LogP contribution in [0.15, 0.2) is 78.9 Å². The third-order valence-electron chi connectivity index (χ3n) is 7.39. The van der Waals surface area contributed by atoms with Crippen molar-refractivity contribution in [2.24, 2.45) is 0 Å². The smallest absolute Gasteiger partial charge is 0.253 e. The molecule has 1 amide bonds. The first-order valence-corrected chi connectivity index (χ1v) is 12.3. The Balaban J connectivity index is 1.37. The van der Waals surface area contributed by atoms with Gasteiger partial charge in [0.05, 0.1) is 16.1 Å². The van der Waals surface area contributed by atoms with E-state index >= 15 is 0 Å². The summed E-state index contributed by atoms with van der Waals surface area (Å²) in [4.78, 5) is 13.6. The van der Waals surface area contributed by atoms with Gasteiger partial charge in [0.25, 0.3) is 5.91 Å². The van der Waals surface area contributed by atoms with Crippen LogP contribution >= 0.6 is 11.6 Å². The van der Waals surface area contributed by atoms with Crippen molar-refractivity contribution >= 4 is 23.1 Å². The zero-order valence-corrected chi connectivity index (χ0v) is 20.5. The number of aryl methyl sites for hydroxylation is 1. The van der Waals surface area contributed by atoms with Gasteiger partial charge in [-0.15, -0.1) is 10.2 Å². The van der Waals surface area contributed by atoms with Crippen LogP contribution in [0.5, 0.6) is 0 Å². The van der Waals surface area contributed by atoms with Crippen LogP contribution in [0, 0.1) is 12.7 Å². The summed E-state index contributed by atoms with van der Waals surface area (Å²) in [5.41, 5.74) is 7.61. The second kappa shape index (κ2) is 8.71. The van der Waals surface area contributed by atoms with Crippen molar-refractivity contribution < 1.29 is 9.18 Å². The number of carbonyl (C=O) groups is 1. The van der Waals surface area contributed by atoms with E-state index in [0.717, 1.165) is 24.1 Å². The van der Waals surface area contributed by atoms with Gasteiger partial charge in [-0.1, -0.05) is 53.1 Å². The summed E-state index contributed by atoms with van der Waals surface area (Å²) in [5, 5.41) is 11.2. The first kappa shape index (κ1) is 22.7. The molecule has 1 heterocycles. The molecule has 0 fully saturated rings. The summed E-state index contributed by atoms with van der Waals surface area (Å²) in [6.07, 6.45) is 6.20. The standard InChI is InChI=1S/C29H24ClFN4O/c1-18-5-7-24-20(11-18)12-19-9-10-29(15-26(19)24,21-3-2-4-22(31)13-21)34-28(36)25-8-6-23(14-27(25)30)35-16-32-33-17-35/h2-8,11,13-14,16-17H,9-10,12,15H2,1H3,(H,34,36). The van der Waals surface area contributed by atoms with E-state index in [1.807, 2.05) is 6.07 Å². The third kappa shape index (κ3) is 3.91. The highest BCUT2D eigenvalue weighted by molar-refractivity contribution is 6.34. The molecular formula is C29H24ClFN4O. The van der Waals surface area contributed by atoms with E-state index in [-0.39, 0.29) is 11.7 Å². The number of allylic oxidation sites excluding steroid dienone is 1. The maximum Gasteiger partial charge on any atom is 0.253 e. The fourth-order valence-corrected chi connectivity index (χ4v) is 5.84. The lowest BCUT2D eigenvalue weighted by atomic mass is 9.73. The average molecular weight is 499 g/mol. The summed E-state index contributed by atoms with van der Waals surface area (Å²) in [7, 11) is 0. The molecule has 5 nitrogen and oxygen atoms in total. The van der Waals surface area contributed by atoms with Crippen LogP contribution in [-0.4, -0.2) is 20.7 Å². The van der Waals surface area contributed by atoms with Gasteiger partial charge in [0, 0.05) is 12.1 Å². The van der Waals surface area contributed by atoms with Gasteiger partial charge in [0.2, 0.25) is 0 Å². The molecule has 4 aromatic rings. The highest BCUT2D eigenvalue weighted by Crippen LogP contribution is 2.49. The molecule has 180 valence electrons. The number of hydrogen-bond acceptors (Lipinski definition) is 3. The third-order valence-corrected chi connectivity index (χ3v) is 7.71. The number of nitrogens with one attached hydrogen (secondary N) is 1. The number of halogens is 2. The van der Waals surface area contributed by atoms with Crippen molar-refractivity contribution in [1.82, 2.24) is 20.1 Å². The maximum atomic E-state index is 14.4. The van der Waals surface area contributed by atoms with Gasteiger partial charge >= 0.3 is 0 Å². The minimum atomic E-state index is -0.749. The largest absolute Gasteiger partial charge is 0.342 e. The minimum Gasteiger partial charge on any atom is -0.342 e. The van der Waals surface area contributed by atoms with Crippen LogP contribution in [0.2, 0.25) is 5.02 Å². The molecule has 3 aromatic carbocycles. The summed E-state index contributed by atoms with van der Waals surface area (Å²) < 4.78 is 16.1. The number of benzene rings is 3. The Hall–Kier alpha value is -3.77. The summed E-state index contributed by atoms with van der Waals surface area (Å²) in [5.74, 6) is -0.606. The van der Waals surface area contributed by atoms with E-state index in [0.29, 0.717) is 23.4 Å². The molecule has 0 saturated heterocycles. The van der Waals surface area contributed by atoms with Gasteiger partial charge < -0.3 is 5.32 Å². The van der Waals surface area contributed by atoms with E-state index in [4.69, 9.17) is 11.6 Å². The highest BCUT2D eigenvalue weighted by Gasteiger charge is 2.41. The molecule has 0 spiro atoms. The van der Waals surface area contributed by atoms with Gasteiger partial charge in [0.1, 0.15) is 18.5 Å². The Morgan fingerprint density at radius 2 is 1.92 bits per heavy atom. The van der Waals surface area contributed by atoms with Crippen molar-refractivity contribution in [2.75, 3.05) is 0 Å². The predicted octanol–water partition coefficient (Wildman–Crippen LogP) is 6.19. The Labute approximate surface area is 213 Å². The van der Waals surface area contributed by atoms with Gasteiger partial charge in [-0.05, 0) is 78.8 Å². The lowest BCUT2D eigenvalue weighted by Gasteiger charge is -2.40. The zero-order chi connectivity index (χ0) is 24.9. The summed E-state index contributed by atoms with van der Waals surface area (Å²) >= 11 is 6.56. The lowest BCUT2D eigenvalue weighted by Crippen LogP contribution is -2.47. The number of hydrogen-bond donors (Lipinski definition) is 1. The Morgan fingerprint density at radius 3 is 2.69 bits per heavy atom. The predicted molar refractivity (Wildman–Crippen MR) is 138 cm³/mol. The van der Waals surface area contributed by atoms with E-state index in [1.54, 1.807) is 41.5 Å². The molecule has 0 saturated carbocycles. The normalized spacial score (nSPS) is 18.6. The van der Waals surface area contributed by atoms with Crippen molar-refractivity contribution in [3.63, 3.8) is 0 Å². The van der Waals surface area contributed by atoms with Crippen LogP contribution in [0.4, 0.5) is 4.39 Å². The molecule has 6 rings (SSSR count). The fourth-order valence-electron chi connectivity index (χ4n) is 5.58. The molecule has 2 aliphatic rings. The molecule has 36 heavy (non-hydrogen) atoms. The second-order valence-electron chi connectivity index (χ2n) is 9.68. The van der Waals surface area contributed by atoms with Gasteiger partial charge in [-0.25, -0.2) is 4.39 Å². The fraction of sp³-hybridized carbons (Fsp3) is 0.207. The van der Waals surface area contributed by atoms with E-state index in [9.17, 15) is 9.18 Å². The number of aromatic nitrogens is 3. The molecule has 2 aliphatic carbocycles. The molecule has 1 atom stereocenters. The van der Waals surface area contributed by atoms with Crippen LogP contribution in [-0.2, 0) is 12.0 Å². The summed E-state index contributed by atoms with van der Waals surface area (Å²) in [6, 6.07) is 18.3. The Morgan fingerprint density at radius 1 is 1.08 bits per heavy atom. The highest BCUT2D eigenvalue weighted by atomic mass is 35.5. The molecule has 1 N–H and O–H groups in total. The number of carbonyl (C=O) groups excluding carboxylic acids is 1. The monoisotopic (exact) mass is 498 g/mol. The molecule has 0 bridgehead atoms. The van der Waals surface area contributed by atoms with Gasteiger partial charge in [0.15, 0.2) is 0 Å². The van der Waals surface area contributed by atoms with Crippen LogP contribution in [0.3, 0.4) is 0 Å². The SMILES string of the molecule is Cc1ccc2c(c1)CC1=C2CC(NC(=O)c2ccc(-n3cnnc3)cc2Cl)(c2cccc(F)c2)CC1. The first-order chi connectivity index (χ1) is 17.4. The molecule has 1 unspecified atom stereocenters. The Bertz CT molecular complexity index is 1530. The summed E-state index contributed by atoms with van der Waals surface area (Å²) in [6.45, 7) is 2.10. The molecule has 1 aromatic heterocycles. The van der Waals surface area contributed by atoms with Crippen molar-refractivity contribution in [3.8, 4) is 5.69 Å². The number of nitrogens with zero attached hydrogens (tertiary/aromatic N) is 3. The lowest BCUT2D eigenvalue weighted by molar-refractivity contribution is 0.0890. The maximum absolute atomic E-state index is 14.4. The Kier molecular flexibility index (Phi) is 5.49. The molecular weight excluding hydrogens is 475 g/mol. The van der Waals surface area contributed by atoms with Crippen LogP contribution in [0.25, 0.3) is 11.3 Å². The van der Waals surface area contributed by atoms with E-state index < -0.39 is 5.54 Å². The van der Waals surface area contributed by atoms with Crippen molar-refractivity contribution in [3.05, 3.63) is 118 Å².